The lowest BCUT2D eigenvalue weighted by Gasteiger charge is -2.41. The standard InChI is InChI=1S/C30H38N4O4/c1-30(2,3)36-29(35)33-13-10-20(11-14-33)19-34-15-12-21-16-27-28(38-32-37-27)17-24(21)26(34)9-8-22-18-31-25-7-5-4-6-23(22)25/h4-7,16-18,20,26,31-32H,8-15,19H2,1-3H3. The summed E-state index contributed by atoms with van der Waals surface area (Å²) in [6.45, 7) is 9.33. The molecule has 3 aromatic rings. The van der Waals surface area contributed by atoms with Gasteiger partial charge in [-0.15, -0.1) is 0 Å². The second kappa shape index (κ2) is 10.2. The Labute approximate surface area is 224 Å². The zero-order valence-corrected chi connectivity index (χ0v) is 22.6. The number of carbonyl (C=O) groups excluding carboxylic acids is 1. The lowest BCUT2D eigenvalue weighted by molar-refractivity contribution is 0.0158. The van der Waals surface area contributed by atoms with Crippen LogP contribution in [-0.2, 0) is 17.6 Å². The van der Waals surface area contributed by atoms with Crippen LogP contribution in [0.4, 0.5) is 4.79 Å². The van der Waals surface area contributed by atoms with E-state index in [1.54, 1.807) is 0 Å². The lowest BCUT2D eigenvalue weighted by atomic mass is 9.86. The van der Waals surface area contributed by atoms with Gasteiger partial charge in [0.1, 0.15) is 5.60 Å². The Balaban J connectivity index is 1.18. The number of aromatic nitrogens is 1. The summed E-state index contributed by atoms with van der Waals surface area (Å²) in [6, 6.07) is 13.1. The highest BCUT2D eigenvalue weighted by Crippen LogP contribution is 2.42. The Morgan fingerprint density at radius 2 is 1.84 bits per heavy atom. The normalized spacial score (nSPS) is 20.1. The van der Waals surface area contributed by atoms with Gasteiger partial charge in [0.25, 0.3) is 0 Å². The average Bonchev–Trinajstić information content (AvgIpc) is 3.53. The molecule has 0 aliphatic carbocycles. The summed E-state index contributed by atoms with van der Waals surface area (Å²) < 4.78 is 5.60. The third kappa shape index (κ3) is 5.20. The van der Waals surface area contributed by atoms with Crippen molar-refractivity contribution in [2.45, 2.75) is 64.5 Å². The Bertz CT molecular complexity index is 1310. The molecule has 1 fully saturated rings. The summed E-state index contributed by atoms with van der Waals surface area (Å²) in [7, 11) is 0. The molecule has 2 N–H and O–H groups in total. The van der Waals surface area contributed by atoms with Crippen molar-refractivity contribution in [1.82, 2.24) is 20.4 Å². The summed E-state index contributed by atoms with van der Waals surface area (Å²) in [4.78, 5) is 31.5. The number of benzene rings is 2. The van der Waals surface area contributed by atoms with Gasteiger partial charge >= 0.3 is 6.09 Å². The quantitative estimate of drug-likeness (QED) is 0.462. The van der Waals surface area contributed by atoms with Gasteiger partial charge in [-0.25, -0.2) is 4.79 Å². The summed E-state index contributed by atoms with van der Waals surface area (Å²) >= 11 is 0. The maximum atomic E-state index is 12.5. The maximum absolute atomic E-state index is 12.5. The molecule has 2 aromatic carbocycles. The molecule has 8 heteroatoms. The average molecular weight is 519 g/mol. The number of para-hydroxylation sites is 1. The predicted octanol–water partition coefficient (Wildman–Crippen LogP) is 5.54. The smallest absolute Gasteiger partial charge is 0.410 e. The molecule has 1 aromatic heterocycles. The number of aryl methyl sites for hydroxylation is 1. The van der Waals surface area contributed by atoms with Gasteiger partial charge in [0.05, 0.1) is 0 Å². The summed E-state index contributed by atoms with van der Waals surface area (Å²) in [6.07, 6.45) is 6.99. The van der Waals surface area contributed by atoms with Gasteiger partial charge in [0.2, 0.25) is 0 Å². The van der Waals surface area contributed by atoms with Crippen LogP contribution in [0.25, 0.3) is 10.9 Å². The van der Waals surface area contributed by atoms with Gasteiger partial charge in [-0.2, -0.15) is 0 Å². The number of fused-ring (bicyclic) bond motifs is 3. The molecule has 1 unspecified atom stereocenters. The number of aromatic amines is 1. The van der Waals surface area contributed by atoms with Crippen LogP contribution < -0.4 is 15.3 Å². The van der Waals surface area contributed by atoms with E-state index in [2.05, 4.69) is 58.1 Å². The summed E-state index contributed by atoms with van der Waals surface area (Å²) in [5.74, 6) is 2.08. The molecular weight excluding hydrogens is 480 g/mol. The lowest BCUT2D eigenvalue weighted by Crippen LogP contribution is -2.45. The minimum absolute atomic E-state index is 0.191. The third-order valence-corrected chi connectivity index (χ3v) is 8.10. The molecule has 0 bridgehead atoms. The minimum atomic E-state index is -0.461. The highest BCUT2D eigenvalue weighted by Gasteiger charge is 2.33. The monoisotopic (exact) mass is 518 g/mol. The number of carbonyl (C=O) groups is 1. The van der Waals surface area contributed by atoms with Crippen molar-refractivity contribution in [2.75, 3.05) is 26.2 Å². The fourth-order valence-corrected chi connectivity index (χ4v) is 6.17. The van der Waals surface area contributed by atoms with Crippen LogP contribution in [0.3, 0.4) is 0 Å². The predicted molar refractivity (Wildman–Crippen MR) is 146 cm³/mol. The van der Waals surface area contributed by atoms with Crippen LogP contribution in [0.1, 0.15) is 62.8 Å². The van der Waals surface area contributed by atoms with Crippen molar-refractivity contribution in [2.24, 2.45) is 5.92 Å². The van der Waals surface area contributed by atoms with E-state index < -0.39 is 5.60 Å². The van der Waals surface area contributed by atoms with Gasteiger partial charge < -0.3 is 24.3 Å². The zero-order valence-electron chi connectivity index (χ0n) is 22.6. The molecule has 3 aliphatic heterocycles. The van der Waals surface area contributed by atoms with E-state index in [-0.39, 0.29) is 6.09 Å². The highest BCUT2D eigenvalue weighted by molar-refractivity contribution is 5.83. The first-order valence-corrected chi connectivity index (χ1v) is 13.9. The van der Waals surface area contributed by atoms with Crippen LogP contribution >= 0.6 is 0 Å². The second-order valence-corrected chi connectivity index (χ2v) is 11.9. The molecular formula is C30H38N4O4. The molecule has 38 heavy (non-hydrogen) atoms. The van der Waals surface area contributed by atoms with Crippen molar-refractivity contribution in [3.05, 3.63) is 59.3 Å². The van der Waals surface area contributed by atoms with E-state index in [9.17, 15) is 4.79 Å². The number of likely N-dealkylation sites (tertiary alicyclic amines) is 1. The number of amides is 1. The first-order valence-electron chi connectivity index (χ1n) is 13.9. The van der Waals surface area contributed by atoms with E-state index in [1.807, 2.05) is 25.7 Å². The Kier molecular flexibility index (Phi) is 6.70. The van der Waals surface area contributed by atoms with Crippen molar-refractivity contribution < 1.29 is 19.2 Å². The SMILES string of the molecule is CC(C)(C)OC(=O)N1CCC(CN2CCc3cc4c(cc3C2CCc2c[nH]c3ccccc23)ONO4)CC1. The van der Waals surface area contributed by atoms with Crippen LogP contribution in [0, 0.1) is 5.92 Å². The van der Waals surface area contributed by atoms with E-state index in [0.29, 0.717) is 12.0 Å². The van der Waals surface area contributed by atoms with E-state index in [1.165, 1.54) is 27.6 Å². The van der Waals surface area contributed by atoms with Gasteiger partial charge in [0, 0.05) is 55.0 Å². The van der Waals surface area contributed by atoms with Crippen LogP contribution in [0.5, 0.6) is 11.5 Å². The largest absolute Gasteiger partial charge is 0.444 e. The first kappa shape index (κ1) is 25.1. The highest BCUT2D eigenvalue weighted by atomic mass is 16.9. The Hall–Kier alpha value is -3.23. The van der Waals surface area contributed by atoms with Gasteiger partial charge in [-0.3, -0.25) is 4.90 Å². The number of hydrogen-bond acceptors (Lipinski definition) is 6. The van der Waals surface area contributed by atoms with Crippen LogP contribution in [0.15, 0.2) is 42.6 Å². The van der Waals surface area contributed by atoms with E-state index in [4.69, 9.17) is 14.4 Å². The van der Waals surface area contributed by atoms with Gasteiger partial charge in [-0.05, 0) is 93.7 Å². The topological polar surface area (TPSA) is 79.1 Å². The number of hydrogen-bond donors (Lipinski definition) is 2. The summed E-state index contributed by atoms with van der Waals surface area (Å²) in [5, 5.41) is 1.31. The Morgan fingerprint density at radius 1 is 1.08 bits per heavy atom. The maximum Gasteiger partial charge on any atom is 0.410 e. The molecule has 8 nitrogen and oxygen atoms in total. The van der Waals surface area contributed by atoms with Crippen molar-refractivity contribution in [3.8, 4) is 11.5 Å². The molecule has 0 saturated carbocycles. The molecule has 202 valence electrons. The minimum Gasteiger partial charge on any atom is -0.444 e. The number of rotatable bonds is 5. The number of H-pyrrole nitrogens is 1. The van der Waals surface area contributed by atoms with Crippen LogP contribution in [-0.4, -0.2) is 52.7 Å². The molecule has 1 amide bonds. The van der Waals surface area contributed by atoms with Crippen molar-refractivity contribution in [1.29, 1.82) is 0 Å². The second-order valence-electron chi connectivity index (χ2n) is 11.9. The van der Waals surface area contributed by atoms with Gasteiger partial charge in [-0.1, -0.05) is 18.2 Å². The summed E-state index contributed by atoms with van der Waals surface area (Å²) in [5.41, 5.74) is 7.32. The molecule has 0 radical (unpaired) electrons. The van der Waals surface area contributed by atoms with Crippen LogP contribution in [0.2, 0.25) is 0 Å². The number of piperidine rings is 1. The molecule has 1 saturated heterocycles. The number of ether oxygens (including phenoxy) is 1. The van der Waals surface area contributed by atoms with Crippen molar-refractivity contribution in [3.63, 3.8) is 0 Å². The third-order valence-electron chi connectivity index (χ3n) is 8.10. The molecule has 0 spiro atoms. The molecule has 6 rings (SSSR count). The first-order chi connectivity index (χ1) is 18.3. The molecule has 4 heterocycles. The number of nitrogens with zero attached hydrogens (tertiary/aromatic N) is 2. The number of nitrogens with one attached hydrogen (secondary N) is 2. The fourth-order valence-electron chi connectivity index (χ4n) is 6.17. The Morgan fingerprint density at radius 3 is 2.63 bits per heavy atom. The van der Waals surface area contributed by atoms with Gasteiger partial charge in [0.15, 0.2) is 11.5 Å². The van der Waals surface area contributed by atoms with E-state index in [0.717, 1.165) is 69.8 Å². The fraction of sp³-hybridized carbons (Fsp3) is 0.500. The molecule has 3 aliphatic rings. The van der Waals surface area contributed by atoms with E-state index >= 15 is 0 Å². The van der Waals surface area contributed by atoms with Crippen molar-refractivity contribution >= 4 is 17.0 Å². The zero-order chi connectivity index (χ0) is 26.3. The molecule has 1 atom stereocenters.